The van der Waals surface area contributed by atoms with Crippen molar-refractivity contribution in [1.29, 1.82) is 0 Å². The first-order chi connectivity index (χ1) is 9.20. The molecule has 0 spiro atoms. The monoisotopic (exact) mass is 344 g/mol. The summed E-state index contributed by atoms with van der Waals surface area (Å²) in [6.07, 6.45) is 9.28. The lowest BCUT2D eigenvalue weighted by molar-refractivity contribution is 0.315. The summed E-state index contributed by atoms with van der Waals surface area (Å²) in [4.78, 5) is 0. The molecule has 1 aliphatic rings. The molecule has 0 amide bonds. The Hall–Kier alpha value is -0.0900. The molecule has 0 bridgehead atoms. The van der Waals surface area contributed by atoms with Crippen LogP contribution in [0, 0.1) is 5.92 Å². The van der Waals surface area contributed by atoms with Gasteiger partial charge >= 0.3 is 0 Å². The van der Waals surface area contributed by atoms with Gasteiger partial charge in [-0.1, -0.05) is 59.6 Å². The van der Waals surface area contributed by atoms with E-state index in [9.17, 15) is 0 Å². The first kappa shape index (κ1) is 15.3. The Bertz CT molecular complexity index is 405. The lowest BCUT2D eigenvalue weighted by Crippen LogP contribution is -2.29. The molecule has 4 heteroatoms. The minimum absolute atomic E-state index is 0.176. The molecule has 19 heavy (non-hydrogen) atoms. The molecule has 0 radical (unpaired) electrons. The minimum atomic E-state index is 0.176. The van der Waals surface area contributed by atoms with Crippen LogP contribution in [0.15, 0.2) is 22.7 Å². The Morgan fingerprint density at radius 1 is 1.32 bits per heavy atom. The Morgan fingerprint density at radius 2 is 2.05 bits per heavy atom. The van der Waals surface area contributed by atoms with Gasteiger partial charge in [0, 0.05) is 15.5 Å². The lowest BCUT2D eigenvalue weighted by Gasteiger charge is -2.24. The number of benzene rings is 1. The van der Waals surface area contributed by atoms with E-state index >= 15 is 0 Å². The standard InChI is InChI=1S/C15H22BrClN2/c16-14-8-7-12(17)10-13(14)15(19-18)9-6-11-4-2-1-3-5-11/h7-8,10-11,15,19H,1-6,9,18H2. The fourth-order valence-corrected chi connectivity index (χ4v) is 3.69. The van der Waals surface area contributed by atoms with Crippen molar-refractivity contribution in [3.63, 3.8) is 0 Å². The van der Waals surface area contributed by atoms with Gasteiger partial charge in [0.15, 0.2) is 0 Å². The van der Waals surface area contributed by atoms with E-state index in [0.29, 0.717) is 0 Å². The van der Waals surface area contributed by atoms with Crippen molar-refractivity contribution in [2.24, 2.45) is 11.8 Å². The first-order valence-electron chi connectivity index (χ1n) is 7.12. The normalized spacial score (nSPS) is 18.5. The molecule has 1 fully saturated rings. The average molecular weight is 346 g/mol. The maximum atomic E-state index is 6.08. The number of halogens is 2. The second kappa shape index (κ2) is 7.63. The third kappa shape index (κ3) is 4.45. The molecule has 0 saturated heterocycles. The molecule has 2 nitrogen and oxygen atoms in total. The van der Waals surface area contributed by atoms with Crippen molar-refractivity contribution in [1.82, 2.24) is 5.43 Å². The molecule has 1 atom stereocenters. The van der Waals surface area contributed by atoms with Crippen LogP contribution < -0.4 is 11.3 Å². The minimum Gasteiger partial charge on any atom is -0.271 e. The highest BCUT2D eigenvalue weighted by molar-refractivity contribution is 9.10. The number of rotatable bonds is 5. The van der Waals surface area contributed by atoms with Crippen molar-refractivity contribution in [2.75, 3.05) is 0 Å². The molecule has 2 rings (SSSR count). The Kier molecular flexibility index (Phi) is 6.14. The summed E-state index contributed by atoms with van der Waals surface area (Å²) < 4.78 is 1.07. The third-order valence-corrected chi connectivity index (χ3v) is 5.08. The number of hydrogen-bond acceptors (Lipinski definition) is 2. The molecule has 0 heterocycles. The molecule has 0 aliphatic heterocycles. The van der Waals surface area contributed by atoms with E-state index < -0.39 is 0 Å². The van der Waals surface area contributed by atoms with Gasteiger partial charge < -0.3 is 0 Å². The van der Waals surface area contributed by atoms with E-state index in [2.05, 4.69) is 21.4 Å². The number of nitrogens with two attached hydrogens (primary N) is 1. The van der Waals surface area contributed by atoms with Gasteiger partial charge in [0.05, 0.1) is 0 Å². The highest BCUT2D eigenvalue weighted by Gasteiger charge is 2.18. The zero-order valence-corrected chi connectivity index (χ0v) is 13.5. The molecular formula is C15H22BrClN2. The first-order valence-corrected chi connectivity index (χ1v) is 8.29. The summed E-state index contributed by atoms with van der Waals surface area (Å²) in [6.45, 7) is 0. The van der Waals surface area contributed by atoms with E-state index in [-0.39, 0.29) is 6.04 Å². The summed E-state index contributed by atoms with van der Waals surface area (Å²) in [5, 5.41) is 0.760. The Labute approximate surface area is 129 Å². The van der Waals surface area contributed by atoms with Crippen molar-refractivity contribution >= 4 is 27.5 Å². The summed E-state index contributed by atoms with van der Waals surface area (Å²) in [6, 6.07) is 6.05. The van der Waals surface area contributed by atoms with Crippen LogP contribution in [-0.4, -0.2) is 0 Å². The van der Waals surface area contributed by atoms with Crippen LogP contribution in [0.5, 0.6) is 0 Å². The second-order valence-electron chi connectivity index (χ2n) is 5.47. The van der Waals surface area contributed by atoms with Gasteiger partial charge in [0.25, 0.3) is 0 Å². The summed E-state index contributed by atoms with van der Waals surface area (Å²) >= 11 is 9.66. The van der Waals surface area contributed by atoms with Crippen molar-refractivity contribution in [3.05, 3.63) is 33.3 Å². The highest BCUT2D eigenvalue weighted by atomic mass is 79.9. The Morgan fingerprint density at radius 3 is 2.74 bits per heavy atom. The lowest BCUT2D eigenvalue weighted by atomic mass is 9.84. The van der Waals surface area contributed by atoms with Crippen molar-refractivity contribution < 1.29 is 0 Å². The van der Waals surface area contributed by atoms with Crippen LogP contribution in [0.4, 0.5) is 0 Å². The maximum absolute atomic E-state index is 6.08. The molecule has 106 valence electrons. The quantitative estimate of drug-likeness (QED) is 0.584. The van der Waals surface area contributed by atoms with Gasteiger partial charge in [0.1, 0.15) is 0 Å². The summed E-state index contributed by atoms with van der Waals surface area (Å²) in [5.41, 5.74) is 4.10. The summed E-state index contributed by atoms with van der Waals surface area (Å²) in [7, 11) is 0. The van der Waals surface area contributed by atoms with E-state index in [1.165, 1.54) is 38.5 Å². The van der Waals surface area contributed by atoms with Crippen LogP contribution >= 0.6 is 27.5 Å². The topological polar surface area (TPSA) is 38.0 Å². The van der Waals surface area contributed by atoms with Gasteiger partial charge in [-0.25, -0.2) is 0 Å². The molecule has 1 aromatic rings. The van der Waals surface area contributed by atoms with E-state index in [1.807, 2.05) is 18.2 Å². The molecule has 1 saturated carbocycles. The molecule has 3 N–H and O–H groups in total. The SMILES string of the molecule is NNC(CCC1CCCCC1)c1cc(Cl)ccc1Br. The largest absolute Gasteiger partial charge is 0.271 e. The fourth-order valence-electron chi connectivity index (χ4n) is 2.99. The van der Waals surface area contributed by atoms with Crippen LogP contribution in [0.25, 0.3) is 0 Å². The fraction of sp³-hybridized carbons (Fsp3) is 0.600. The van der Waals surface area contributed by atoms with Gasteiger partial charge in [0.2, 0.25) is 0 Å². The smallest absolute Gasteiger partial charge is 0.0471 e. The van der Waals surface area contributed by atoms with Crippen LogP contribution in [0.1, 0.15) is 56.6 Å². The van der Waals surface area contributed by atoms with Gasteiger partial charge in [-0.15, -0.1) is 0 Å². The average Bonchev–Trinajstić information content (AvgIpc) is 2.44. The summed E-state index contributed by atoms with van der Waals surface area (Å²) in [5.74, 6) is 6.60. The van der Waals surface area contributed by atoms with Crippen molar-refractivity contribution in [3.8, 4) is 0 Å². The molecule has 1 aliphatic carbocycles. The van der Waals surface area contributed by atoms with Crippen LogP contribution in [-0.2, 0) is 0 Å². The number of nitrogens with one attached hydrogen (secondary N) is 1. The predicted octanol–water partition coefficient (Wildman–Crippen LogP) is 4.97. The maximum Gasteiger partial charge on any atom is 0.0471 e. The van der Waals surface area contributed by atoms with Gasteiger partial charge in [-0.2, -0.15) is 0 Å². The zero-order chi connectivity index (χ0) is 13.7. The van der Waals surface area contributed by atoms with Gasteiger partial charge in [-0.3, -0.25) is 11.3 Å². The zero-order valence-electron chi connectivity index (χ0n) is 11.2. The molecule has 0 aromatic heterocycles. The highest BCUT2D eigenvalue weighted by Crippen LogP contribution is 2.33. The molecular weight excluding hydrogens is 324 g/mol. The van der Waals surface area contributed by atoms with E-state index in [4.69, 9.17) is 17.4 Å². The van der Waals surface area contributed by atoms with E-state index in [0.717, 1.165) is 27.4 Å². The van der Waals surface area contributed by atoms with Crippen LogP contribution in [0.2, 0.25) is 5.02 Å². The van der Waals surface area contributed by atoms with Gasteiger partial charge in [-0.05, 0) is 42.5 Å². The number of hydrogen-bond donors (Lipinski definition) is 2. The Balaban J connectivity index is 1.97. The molecule has 1 aromatic carbocycles. The van der Waals surface area contributed by atoms with Crippen molar-refractivity contribution in [2.45, 2.75) is 51.0 Å². The second-order valence-corrected chi connectivity index (χ2v) is 6.76. The number of hydrazine groups is 1. The third-order valence-electron chi connectivity index (χ3n) is 4.12. The molecule has 1 unspecified atom stereocenters. The predicted molar refractivity (Wildman–Crippen MR) is 85.0 cm³/mol. The van der Waals surface area contributed by atoms with Crippen LogP contribution in [0.3, 0.4) is 0 Å². The van der Waals surface area contributed by atoms with E-state index in [1.54, 1.807) is 0 Å².